The van der Waals surface area contributed by atoms with Gasteiger partial charge in [0.25, 0.3) is 0 Å². The predicted molar refractivity (Wildman–Crippen MR) is 57.7 cm³/mol. The van der Waals surface area contributed by atoms with Crippen molar-refractivity contribution in [3.05, 3.63) is 0 Å². The number of hydrogen-bond acceptors (Lipinski definition) is 2. The Bertz CT molecular complexity index is 128. The highest BCUT2D eigenvalue weighted by molar-refractivity contribution is 4.75. The molecule has 0 amide bonds. The van der Waals surface area contributed by atoms with Gasteiger partial charge in [-0.2, -0.15) is 0 Å². The van der Waals surface area contributed by atoms with Gasteiger partial charge in [-0.1, -0.05) is 13.3 Å². The monoisotopic (exact) mass is 184 g/mol. The van der Waals surface area contributed by atoms with Crippen molar-refractivity contribution in [1.82, 2.24) is 4.90 Å². The molecule has 0 bridgehead atoms. The number of likely N-dealkylation sites (tertiary alicyclic amines) is 1. The lowest BCUT2D eigenvalue weighted by Gasteiger charge is -2.35. The first-order chi connectivity index (χ1) is 6.27. The second-order valence-corrected chi connectivity index (χ2v) is 4.31. The van der Waals surface area contributed by atoms with Crippen LogP contribution in [0.4, 0.5) is 0 Å². The van der Waals surface area contributed by atoms with Gasteiger partial charge in [-0.05, 0) is 51.7 Å². The molecular formula is C11H24N2. The van der Waals surface area contributed by atoms with Gasteiger partial charge in [0.1, 0.15) is 0 Å². The van der Waals surface area contributed by atoms with E-state index in [1.54, 1.807) is 0 Å². The number of nitrogens with two attached hydrogens (primary N) is 1. The van der Waals surface area contributed by atoms with Crippen LogP contribution in [0, 0.1) is 5.92 Å². The molecule has 1 rings (SSSR count). The molecule has 78 valence electrons. The zero-order valence-corrected chi connectivity index (χ0v) is 9.13. The van der Waals surface area contributed by atoms with Crippen LogP contribution in [0.15, 0.2) is 0 Å². The largest absolute Gasteiger partial charge is 0.330 e. The lowest BCUT2D eigenvalue weighted by Crippen LogP contribution is -2.40. The van der Waals surface area contributed by atoms with Gasteiger partial charge in [0.15, 0.2) is 0 Å². The Morgan fingerprint density at radius 3 is 2.46 bits per heavy atom. The maximum absolute atomic E-state index is 5.56. The molecule has 0 aromatic carbocycles. The van der Waals surface area contributed by atoms with E-state index in [4.69, 9.17) is 5.73 Å². The molecule has 0 aliphatic carbocycles. The van der Waals surface area contributed by atoms with Crippen molar-refractivity contribution in [2.24, 2.45) is 11.7 Å². The molecule has 0 saturated carbocycles. The van der Waals surface area contributed by atoms with Gasteiger partial charge >= 0.3 is 0 Å². The molecule has 1 saturated heterocycles. The van der Waals surface area contributed by atoms with Gasteiger partial charge in [0, 0.05) is 6.04 Å². The molecule has 0 aromatic rings. The van der Waals surface area contributed by atoms with E-state index in [0.29, 0.717) is 6.04 Å². The molecule has 2 nitrogen and oxygen atoms in total. The average Bonchev–Trinajstić information content (AvgIpc) is 2.18. The first-order valence-electron chi connectivity index (χ1n) is 5.72. The quantitative estimate of drug-likeness (QED) is 0.722. The summed E-state index contributed by atoms with van der Waals surface area (Å²) in [5.41, 5.74) is 5.56. The summed E-state index contributed by atoms with van der Waals surface area (Å²) in [6.07, 6.45) is 5.30. The molecule has 1 unspecified atom stereocenters. The number of rotatable bonds is 4. The third kappa shape index (κ3) is 3.28. The molecule has 0 aromatic heterocycles. The van der Waals surface area contributed by atoms with Crippen LogP contribution < -0.4 is 5.73 Å². The Hall–Kier alpha value is -0.0800. The Kier molecular flexibility index (Phi) is 4.74. The Morgan fingerprint density at radius 1 is 1.38 bits per heavy atom. The smallest absolute Gasteiger partial charge is 0.00789 e. The fourth-order valence-electron chi connectivity index (χ4n) is 2.23. The number of hydrogen-bond donors (Lipinski definition) is 1. The van der Waals surface area contributed by atoms with Crippen molar-refractivity contribution in [2.45, 2.75) is 45.6 Å². The molecule has 1 aliphatic heterocycles. The second-order valence-electron chi connectivity index (χ2n) is 4.31. The highest BCUT2D eigenvalue weighted by Crippen LogP contribution is 2.21. The molecule has 0 radical (unpaired) electrons. The van der Waals surface area contributed by atoms with Crippen LogP contribution in [-0.4, -0.2) is 30.6 Å². The van der Waals surface area contributed by atoms with Crippen LogP contribution in [-0.2, 0) is 0 Å². The van der Waals surface area contributed by atoms with Crippen LogP contribution in [0.1, 0.15) is 39.5 Å². The zero-order chi connectivity index (χ0) is 9.68. The Balaban J connectivity index is 2.23. The number of nitrogens with zero attached hydrogens (tertiary/aromatic N) is 1. The van der Waals surface area contributed by atoms with Crippen molar-refractivity contribution in [3.63, 3.8) is 0 Å². The van der Waals surface area contributed by atoms with E-state index in [-0.39, 0.29) is 0 Å². The van der Waals surface area contributed by atoms with Crippen molar-refractivity contribution < 1.29 is 0 Å². The third-order valence-electron chi connectivity index (χ3n) is 3.43. The average molecular weight is 184 g/mol. The van der Waals surface area contributed by atoms with E-state index in [2.05, 4.69) is 18.7 Å². The van der Waals surface area contributed by atoms with Crippen LogP contribution in [0.25, 0.3) is 0 Å². The van der Waals surface area contributed by atoms with Crippen molar-refractivity contribution in [3.8, 4) is 0 Å². The van der Waals surface area contributed by atoms with E-state index >= 15 is 0 Å². The van der Waals surface area contributed by atoms with E-state index in [0.717, 1.165) is 18.9 Å². The first kappa shape index (κ1) is 11.0. The van der Waals surface area contributed by atoms with Crippen molar-refractivity contribution in [1.29, 1.82) is 0 Å². The summed E-state index contributed by atoms with van der Waals surface area (Å²) in [5, 5.41) is 0. The summed E-state index contributed by atoms with van der Waals surface area (Å²) < 4.78 is 0. The van der Waals surface area contributed by atoms with Crippen LogP contribution in [0.3, 0.4) is 0 Å². The van der Waals surface area contributed by atoms with E-state index in [1.165, 1.54) is 32.4 Å². The summed E-state index contributed by atoms with van der Waals surface area (Å²) in [7, 11) is 0. The SMILES string of the molecule is CCC1CCN(C(C)CCN)CC1. The molecule has 0 spiro atoms. The van der Waals surface area contributed by atoms with E-state index in [9.17, 15) is 0 Å². The Labute approximate surface area is 82.5 Å². The second kappa shape index (κ2) is 5.61. The lowest BCUT2D eigenvalue weighted by atomic mass is 9.93. The minimum absolute atomic E-state index is 0.697. The zero-order valence-electron chi connectivity index (χ0n) is 9.13. The summed E-state index contributed by atoms with van der Waals surface area (Å²) in [5.74, 6) is 0.987. The van der Waals surface area contributed by atoms with Crippen LogP contribution >= 0.6 is 0 Å². The molecule has 1 heterocycles. The molecule has 1 fully saturated rings. The Morgan fingerprint density at radius 2 is 2.00 bits per heavy atom. The van der Waals surface area contributed by atoms with E-state index in [1.807, 2.05) is 0 Å². The van der Waals surface area contributed by atoms with Gasteiger partial charge in [0.2, 0.25) is 0 Å². The van der Waals surface area contributed by atoms with Gasteiger partial charge < -0.3 is 10.6 Å². The molecular weight excluding hydrogens is 160 g/mol. The van der Waals surface area contributed by atoms with Gasteiger partial charge in [-0.3, -0.25) is 0 Å². The minimum Gasteiger partial charge on any atom is -0.330 e. The van der Waals surface area contributed by atoms with Crippen LogP contribution in [0.5, 0.6) is 0 Å². The standard InChI is InChI=1S/C11H24N2/c1-3-11-5-8-13(9-6-11)10(2)4-7-12/h10-11H,3-9,12H2,1-2H3. The fourth-order valence-corrected chi connectivity index (χ4v) is 2.23. The van der Waals surface area contributed by atoms with E-state index < -0.39 is 0 Å². The topological polar surface area (TPSA) is 29.3 Å². The summed E-state index contributed by atoms with van der Waals surface area (Å²) in [6.45, 7) is 8.02. The van der Waals surface area contributed by atoms with Gasteiger partial charge in [-0.25, -0.2) is 0 Å². The van der Waals surface area contributed by atoms with Crippen LogP contribution in [0.2, 0.25) is 0 Å². The summed E-state index contributed by atoms with van der Waals surface area (Å²) in [6, 6.07) is 0.697. The molecule has 1 atom stereocenters. The normalized spacial score (nSPS) is 23.3. The maximum atomic E-state index is 5.56. The van der Waals surface area contributed by atoms with Gasteiger partial charge in [-0.15, -0.1) is 0 Å². The third-order valence-corrected chi connectivity index (χ3v) is 3.43. The minimum atomic E-state index is 0.697. The first-order valence-corrected chi connectivity index (χ1v) is 5.72. The lowest BCUT2D eigenvalue weighted by molar-refractivity contribution is 0.135. The summed E-state index contributed by atoms with van der Waals surface area (Å²) in [4.78, 5) is 2.60. The van der Waals surface area contributed by atoms with Gasteiger partial charge in [0.05, 0.1) is 0 Å². The molecule has 2 heteroatoms. The molecule has 2 N–H and O–H groups in total. The van der Waals surface area contributed by atoms with Crippen molar-refractivity contribution in [2.75, 3.05) is 19.6 Å². The predicted octanol–water partition coefficient (Wildman–Crippen LogP) is 1.85. The maximum Gasteiger partial charge on any atom is 0.00789 e. The highest BCUT2D eigenvalue weighted by atomic mass is 15.2. The number of piperidine rings is 1. The molecule has 1 aliphatic rings. The fraction of sp³-hybridized carbons (Fsp3) is 1.00. The highest BCUT2D eigenvalue weighted by Gasteiger charge is 2.20. The summed E-state index contributed by atoms with van der Waals surface area (Å²) >= 11 is 0. The van der Waals surface area contributed by atoms with Crippen molar-refractivity contribution >= 4 is 0 Å². The molecule has 13 heavy (non-hydrogen) atoms.